The molecule has 2 saturated heterocycles. The van der Waals surface area contributed by atoms with E-state index in [0.29, 0.717) is 0 Å². The van der Waals surface area contributed by atoms with Crippen molar-refractivity contribution in [1.82, 2.24) is 9.80 Å². The summed E-state index contributed by atoms with van der Waals surface area (Å²) in [6.45, 7) is 7.01. The van der Waals surface area contributed by atoms with Gasteiger partial charge in [-0.25, -0.2) is 0 Å². The number of hydrogen-bond donors (Lipinski definition) is 3. The molecule has 20 heavy (non-hydrogen) atoms. The largest absolute Gasteiger partial charge is 2.00 e. The van der Waals surface area contributed by atoms with Gasteiger partial charge in [-0.3, -0.25) is 9.22 Å². The first kappa shape index (κ1) is 20.3. The summed E-state index contributed by atoms with van der Waals surface area (Å²) in [5.74, 6) is 0. The number of rotatable bonds is 3. The molecule has 1 radical (unpaired) electrons. The van der Waals surface area contributed by atoms with Crippen LogP contribution in [0.5, 0.6) is 0 Å². The molecule has 2 rings (SSSR count). The predicted molar refractivity (Wildman–Crippen MR) is 73.3 cm³/mol. The average molecular weight is 340 g/mol. The topological polar surface area (TPSA) is 67.2 Å². The minimum absolute atomic E-state index is 0. The fourth-order valence-electron chi connectivity index (χ4n) is 2.70. The van der Waals surface area contributed by atoms with Crippen molar-refractivity contribution in [3.05, 3.63) is 0 Å². The molecule has 1 unspecified atom stereocenters. The van der Waals surface area contributed by atoms with Gasteiger partial charge in [-0.2, -0.15) is 0 Å². The van der Waals surface area contributed by atoms with Gasteiger partial charge in [-0.1, -0.05) is 6.42 Å². The van der Waals surface area contributed by atoms with Gasteiger partial charge in [-0.15, -0.1) is 0 Å². The van der Waals surface area contributed by atoms with Gasteiger partial charge in [0.05, 0.1) is 6.10 Å². The van der Waals surface area contributed by atoms with Crippen LogP contribution in [0.4, 0.5) is 4.32 Å². The van der Waals surface area contributed by atoms with Crippen LogP contribution in [0.3, 0.4) is 0 Å². The Kier molecular flexibility index (Phi) is 12.1. The number of aliphatic hydroxyl groups is 1. The van der Waals surface area contributed by atoms with Crippen molar-refractivity contribution in [2.75, 3.05) is 39.3 Å². The van der Waals surface area contributed by atoms with E-state index in [9.17, 15) is 9.42 Å². The molecule has 2 aliphatic heterocycles. The summed E-state index contributed by atoms with van der Waals surface area (Å²) in [6.07, 6.45) is 6.27. The van der Waals surface area contributed by atoms with Crippen molar-refractivity contribution in [2.45, 2.75) is 38.2 Å². The van der Waals surface area contributed by atoms with Gasteiger partial charge < -0.3 is 20.1 Å². The molecule has 0 spiro atoms. The maximum absolute atomic E-state index is 10.1. The maximum Gasteiger partial charge on any atom is 2.00 e. The van der Waals surface area contributed by atoms with Crippen molar-refractivity contribution in [2.24, 2.45) is 0 Å². The SMILES string of the molecule is OB(O)F.OC1CCCN(CCN2CCCCC2)C1.[Cu+2]. The van der Waals surface area contributed by atoms with Crippen LogP contribution >= 0.6 is 0 Å². The Morgan fingerprint density at radius 2 is 1.45 bits per heavy atom. The molecule has 2 heterocycles. The molecule has 0 saturated carbocycles. The van der Waals surface area contributed by atoms with Gasteiger partial charge in [0.1, 0.15) is 0 Å². The Morgan fingerprint density at radius 1 is 0.950 bits per heavy atom. The van der Waals surface area contributed by atoms with Crippen LogP contribution in [-0.4, -0.2) is 77.7 Å². The number of piperidine rings is 2. The Hall–Kier alpha value is 0.314. The van der Waals surface area contributed by atoms with E-state index >= 15 is 0 Å². The zero-order chi connectivity index (χ0) is 14.1. The summed E-state index contributed by atoms with van der Waals surface area (Å²) >= 11 is 0. The van der Waals surface area contributed by atoms with E-state index in [2.05, 4.69) is 9.80 Å². The Balaban J connectivity index is 0.000000644. The summed E-state index contributed by atoms with van der Waals surface area (Å²) in [7, 11) is -2.67. The quantitative estimate of drug-likeness (QED) is 0.624. The smallest absolute Gasteiger partial charge is 0.398 e. The number of aliphatic hydroxyl groups excluding tert-OH is 1. The third-order valence-electron chi connectivity index (χ3n) is 3.66. The summed E-state index contributed by atoms with van der Waals surface area (Å²) in [4.78, 5) is 4.99. The average Bonchev–Trinajstić information content (AvgIpc) is 2.37. The number of halogens is 1. The second-order valence-electron chi connectivity index (χ2n) is 5.31. The van der Waals surface area contributed by atoms with Crippen LogP contribution in [0.15, 0.2) is 0 Å². The van der Waals surface area contributed by atoms with Crippen molar-refractivity contribution < 1.29 is 36.5 Å². The molecule has 0 aromatic heterocycles. The Labute approximate surface area is 131 Å². The van der Waals surface area contributed by atoms with E-state index in [0.717, 1.165) is 19.5 Å². The fraction of sp³-hybridized carbons (Fsp3) is 1.00. The summed E-state index contributed by atoms with van der Waals surface area (Å²) < 4.78 is 10.1. The predicted octanol–water partition coefficient (Wildman–Crippen LogP) is -0.148. The second kappa shape index (κ2) is 11.9. The number of hydrogen-bond acceptors (Lipinski definition) is 5. The van der Waals surface area contributed by atoms with E-state index < -0.39 is 7.40 Å². The van der Waals surface area contributed by atoms with Crippen LogP contribution < -0.4 is 0 Å². The van der Waals surface area contributed by atoms with Crippen molar-refractivity contribution in [3.8, 4) is 0 Å². The van der Waals surface area contributed by atoms with Gasteiger partial charge in [0.15, 0.2) is 0 Å². The minimum Gasteiger partial charge on any atom is -0.398 e. The number of nitrogens with zero attached hydrogens (tertiary/aromatic N) is 2. The monoisotopic (exact) mass is 339 g/mol. The molecular formula is C12H26BCuFN2O3+2. The fourth-order valence-corrected chi connectivity index (χ4v) is 2.70. The van der Waals surface area contributed by atoms with E-state index in [1.54, 1.807) is 0 Å². The molecule has 0 aliphatic carbocycles. The van der Waals surface area contributed by atoms with Crippen molar-refractivity contribution in [1.29, 1.82) is 0 Å². The van der Waals surface area contributed by atoms with E-state index in [4.69, 9.17) is 10.0 Å². The van der Waals surface area contributed by atoms with Gasteiger partial charge in [0.25, 0.3) is 0 Å². The summed E-state index contributed by atoms with van der Waals surface area (Å²) in [5, 5.41) is 23.5. The molecule has 1 atom stereocenters. The molecule has 8 heteroatoms. The van der Waals surface area contributed by atoms with Gasteiger partial charge >= 0.3 is 24.5 Å². The Morgan fingerprint density at radius 3 is 2.00 bits per heavy atom. The van der Waals surface area contributed by atoms with Crippen LogP contribution in [-0.2, 0) is 17.1 Å². The summed E-state index contributed by atoms with van der Waals surface area (Å²) in [6, 6.07) is 0. The molecule has 2 fully saturated rings. The van der Waals surface area contributed by atoms with Gasteiger partial charge in [0.2, 0.25) is 0 Å². The van der Waals surface area contributed by atoms with Gasteiger partial charge in [0, 0.05) is 19.6 Å². The first-order valence-corrected chi connectivity index (χ1v) is 7.21. The minimum atomic E-state index is -2.67. The zero-order valence-electron chi connectivity index (χ0n) is 11.8. The van der Waals surface area contributed by atoms with Crippen molar-refractivity contribution in [3.63, 3.8) is 0 Å². The zero-order valence-corrected chi connectivity index (χ0v) is 12.8. The third kappa shape index (κ3) is 10.1. The van der Waals surface area contributed by atoms with Crippen LogP contribution in [0.2, 0.25) is 0 Å². The normalized spacial score (nSPS) is 24.3. The molecule has 0 aromatic carbocycles. The maximum atomic E-state index is 10.1. The molecule has 0 aromatic rings. The molecule has 3 N–H and O–H groups in total. The van der Waals surface area contributed by atoms with Gasteiger partial charge in [-0.05, 0) is 45.3 Å². The first-order valence-electron chi connectivity index (χ1n) is 7.21. The van der Waals surface area contributed by atoms with E-state index in [1.807, 2.05) is 0 Å². The van der Waals surface area contributed by atoms with E-state index in [1.165, 1.54) is 51.9 Å². The van der Waals surface area contributed by atoms with Crippen LogP contribution in [0.1, 0.15) is 32.1 Å². The third-order valence-corrected chi connectivity index (χ3v) is 3.66. The molecule has 0 amide bonds. The summed E-state index contributed by atoms with van der Waals surface area (Å²) in [5.41, 5.74) is 0. The molecule has 0 bridgehead atoms. The number of likely N-dealkylation sites (tertiary alicyclic amines) is 2. The van der Waals surface area contributed by atoms with Crippen molar-refractivity contribution >= 4 is 7.40 Å². The Bertz CT molecular complexity index is 234. The molecular weight excluding hydrogens is 313 g/mol. The van der Waals surface area contributed by atoms with Crippen LogP contribution in [0.25, 0.3) is 0 Å². The standard InChI is InChI=1S/C12H24N2O.BFH2O2.Cu/c15-12-5-4-8-14(11-12)10-9-13-6-2-1-3-7-13;2-1(3)4;/h12,15H,1-11H2;3-4H;/q;;+2. The first-order chi connectivity index (χ1) is 9.08. The van der Waals surface area contributed by atoms with Crippen LogP contribution in [0, 0.1) is 0 Å². The molecule has 5 nitrogen and oxygen atoms in total. The molecule has 2 aliphatic rings. The second-order valence-corrected chi connectivity index (χ2v) is 5.31. The number of β-amino-alcohol motifs (C(OH)–C–C–N with tert-alkyl or cyclic N) is 1. The van der Waals surface area contributed by atoms with E-state index in [-0.39, 0.29) is 23.2 Å². The molecule has 121 valence electrons.